The molecule has 0 N–H and O–H groups in total. The number of hydrogen-bond donors (Lipinski definition) is 0. The number of amidine groups is 1. The van der Waals surface area contributed by atoms with Crippen molar-refractivity contribution in [3.8, 4) is 5.75 Å². The second kappa shape index (κ2) is 3.70. The van der Waals surface area contributed by atoms with Crippen LogP contribution in [-0.2, 0) is 0 Å². The smallest absolute Gasteiger partial charge is 0.130 e. The zero-order valence-corrected chi connectivity index (χ0v) is 8.53. The number of nitrogens with zero attached hydrogens (tertiary/aromatic N) is 2. The summed E-state index contributed by atoms with van der Waals surface area (Å²) in [5.41, 5.74) is 1.16. The molecule has 0 saturated carbocycles. The van der Waals surface area contributed by atoms with Gasteiger partial charge in [-0.1, -0.05) is 0 Å². The van der Waals surface area contributed by atoms with Crippen molar-refractivity contribution in [3.63, 3.8) is 0 Å². The second-order valence-electron chi connectivity index (χ2n) is 3.36. The molecule has 14 heavy (non-hydrogen) atoms. The number of rotatable bonds is 2. The molecule has 1 heterocycles. The highest BCUT2D eigenvalue weighted by atomic mass is 16.5. The third kappa shape index (κ3) is 1.58. The third-order valence-electron chi connectivity index (χ3n) is 2.41. The first-order valence-electron chi connectivity index (χ1n) is 4.71. The minimum Gasteiger partial charge on any atom is -0.497 e. The Bertz CT molecular complexity index is 343. The van der Waals surface area contributed by atoms with Crippen molar-refractivity contribution in [3.05, 3.63) is 29.8 Å². The van der Waals surface area contributed by atoms with Gasteiger partial charge in [0.1, 0.15) is 11.6 Å². The van der Waals surface area contributed by atoms with Crippen LogP contribution in [0.3, 0.4) is 0 Å². The molecule has 1 aliphatic rings. The molecular formula is C11H14N2O. The van der Waals surface area contributed by atoms with Crippen LogP contribution in [0.2, 0.25) is 0 Å². The van der Waals surface area contributed by atoms with E-state index in [4.69, 9.17) is 4.74 Å². The largest absolute Gasteiger partial charge is 0.497 e. The van der Waals surface area contributed by atoms with E-state index in [0.29, 0.717) is 0 Å². The maximum absolute atomic E-state index is 5.11. The Morgan fingerprint density at radius 3 is 2.50 bits per heavy atom. The van der Waals surface area contributed by atoms with Gasteiger partial charge in [0.05, 0.1) is 13.7 Å². The van der Waals surface area contributed by atoms with Gasteiger partial charge in [0.2, 0.25) is 0 Å². The Morgan fingerprint density at radius 1 is 1.29 bits per heavy atom. The summed E-state index contributed by atoms with van der Waals surface area (Å²) in [6.07, 6.45) is 0. The summed E-state index contributed by atoms with van der Waals surface area (Å²) in [5.74, 6) is 1.96. The predicted octanol–water partition coefficient (Wildman–Crippen LogP) is 1.39. The maximum atomic E-state index is 5.11. The number of hydrogen-bond acceptors (Lipinski definition) is 3. The van der Waals surface area contributed by atoms with Crippen LogP contribution in [0.1, 0.15) is 5.56 Å². The molecule has 0 saturated heterocycles. The summed E-state index contributed by atoms with van der Waals surface area (Å²) in [5, 5.41) is 0. The Hall–Kier alpha value is -1.51. The van der Waals surface area contributed by atoms with Crippen LogP contribution >= 0.6 is 0 Å². The number of ether oxygens (including phenoxy) is 1. The summed E-state index contributed by atoms with van der Waals surface area (Å²) >= 11 is 0. The number of benzene rings is 1. The first kappa shape index (κ1) is 9.06. The molecule has 1 aliphatic heterocycles. The minimum atomic E-state index is 0.884. The summed E-state index contributed by atoms with van der Waals surface area (Å²) in [6, 6.07) is 8.01. The Labute approximate surface area is 84.0 Å². The van der Waals surface area contributed by atoms with E-state index >= 15 is 0 Å². The van der Waals surface area contributed by atoms with Gasteiger partial charge in [0.15, 0.2) is 0 Å². The predicted molar refractivity (Wildman–Crippen MR) is 57.0 cm³/mol. The number of likely N-dealkylation sites (N-methyl/N-ethyl adjacent to an activating group) is 1. The van der Waals surface area contributed by atoms with Gasteiger partial charge in [0.25, 0.3) is 0 Å². The molecule has 0 spiro atoms. The molecule has 0 aromatic heterocycles. The fourth-order valence-electron chi connectivity index (χ4n) is 1.58. The number of methoxy groups -OCH3 is 1. The normalized spacial score (nSPS) is 15.6. The van der Waals surface area contributed by atoms with Crippen LogP contribution in [0, 0.1) is 0 Å². The monoisotopic (exact) mass is 190 g/mol. The van der Waals surface area contributed by atoms with Crippen LogP contribution in [0.15, 0.2) is 29.3 Å². The van der Waals surface area contributed by atoms with Crippen molar-refractivity contribution in [1.82, 2.24) is 4.90 Å². The van der Waals surface area contributed by atoms with Crippen LogP contribution in [-0.4, -0.2) is 38.0 Å². The lowest BCUT2D eigenvalue weighted by Crippen LogP contribution is -2.23. The van der Waals surface area contributed by atoms with Crippen molar-refractivity contribution >= 4 is 5.84 Å². The lowest BCUT2D eigenvalue weighted by molar-refractivity contribution is 0.414. The fraction of sp³-hybridized carbons (Fsp3) is 0.364. The Morgan fingerprint density at radius 2 is 2.00 bits per heavy atom. The molecule has 3 nitrogen and oxygen atoms in total. The molecule has 3 heteroatoms. The van der Waals surface area contributed by atoms with Crippen molar-refractivity contribution in [1.29, 1.82) is 0 Å². The summed E-state index contributed by atoms with van der Waals surface area (Å²) in [7, 11) is 3.74. The summed E-state index contributed by atoms with van der Waals surface area (Å²) in [4.78, 5) is 6.61. The van der Waals surface area contributed by atoms with Gasteiger partial charge in [-0.25, -0.2) is 0 Å². The summed E-state index contributed by atoms with van der Waals surface area (Å²) in [6.45, 7) is 1.92. The van der Waals surface area contributed by atoms with E-state index < -0.39 is 0 Å². The zero-order valence-electron chi connectivity index (χ0n) is 8.53. The average Bonchev–Trinajstić information content (AvgIpc) is 2.65. The van der Waals surface area contributed by atoms with Crippen LogP contribution in [0.25, 0.3) is 0 Å². The van der Waals surface area contributed by atoms with Gasteiger partial charge < -0.3 is 9.64 Å². The van der Waals surface area contributed by atoms with Gasteiger partial charge >= 0.3 is 0 Å². The zero-order chi connectivity index (χ0) is 9.97. The van der Waals surface area contributed by atoms with Gasteiger partial charge in [-0.15, -0.1) is 0 Å². The van der Waals surface area contributed by atoms with E-state index in [9.17, 15) is 0 Å². The highest BCUT2D eigenvalue weighted by molar-refractivity contribution is 5.99. The lowest BCUT2D eigenvalue weighted by Gasteiger charge is -2.13. The standard InChI is InChI=1S/C11H14N2O/c1-13-8-7-12-11(13)9-3-5-10(14-2)6-4-9/h3-6H,7-8H2,1-2H3. The average molecular weight is 190 g/mol. The van der Waals surface area contributed by atoms with E-state index in [0.717, 1.165) is 30.2 Å². The SMILES string of the molecule is COc1ccc(C2=NCCN2C)cc1. The fourth-order valence-corrected chi connectivity index (χ4v) is 1.58. The molecule has 74 valence electrons. The molecule has 0 aliphatic carbocycles. The molecular weight excluding hydrogens is 176 g/mol. The molecule has 1 aromatic rings. The molecule has 2 rings (SSSR count). The van der Waals surface area contributed by atoms with E-state index in [-0.39, 0.29) is 0 Å². The van der Waals surface area contributed by atoms with Crippen molar-refractivity contribution < 1.29 is 4.74 Å². The molecule has 0 fully saturated rings. The maximum Gasteiger partial charge on any atom is 0.130 e. The first-order valence-corrected chi connectivity index (χ1v) is 4.71. The van der Waals surface area contributed by atoms with Gasteiger partial charge in [-0.05, 0) is 24.3 Å². The summed E-state index contributed by atoms with van der Waals surface area (Å²) < 4.78 is 5.11. The van der Waals surface area contributed by atoms with Crippen LogP contribution in [0.5, 0.6) is 5.75 Å². The van der Waals surface area contributed by atoms with E-state index in [1.807, 2.05) is 24.3 Å². The Kier molecular flexibility index (Phi) is 2.39. The van der Waals surface area contributed by atoms with Crippen molar-refractivity contribution in [2.75, 3.05) is 27.2 Å². The van der Waals surface area contributed by atoms with E-state index in [1.165, 1.54) is 0 Å². The topological polar surface area (TPSA) is 24.8 Å². The van der Waals surface area contributed by atoms with Crippen molar-refractivity contribution in [2.24, 2.45) is 4.99 Å². The quantitative estimate of drug-likeness (QED) is 0.704. The molecule has 0 unspecified atom stereocenters. The molecule has 0 bridgehead atoms. The van der Waals surface area contributed by atoms with Crippen LogP contribution in [0.4, 0.5) is 0 Å². The third-order valence-corrected chi connectivity index (χ3v) is 2.41. The first-order chi connectivity index (χ1) is 6.81. The second-order valence-corrected chi connectivity index (χ2v) is 3.36. The molecule has 0 atom stereocenters. The van der Waals surface area contributed by atoms with Gasteiger partial charge in [-0.3, -0.25) is 4.99 Å². The van der Waals surface area contributed by atoms with E-state index in [2.05, 4.69) is 16.9 Å². The Balaban J connectivity index is 2.24. The van der Waals surface area contributed by atoms with Gasteiger partial charge in [-0.2, -0.15) is 0 Å². The van der Waals surface area contributed by atoms with Crippen LogP contribution < -0.4 is 4.74 Å². The lowest BCUT2D eigenvalue weighted by atomic mass is 10.2. The minimum absolute atomic E-state index is 0.884. The van der Waals surface area contributed by atoms with E-state index in [1.54, 1.807) is 7.11 Å². The highest BCUT2D eigenvalue weighted by Crippen LogP contribution is 2.14. The molecule has 0 amide bonds. The number of aliphatic imine (C=N–C) groups is 1. The molecule has 0 radical (unpaired) electrons. The van der Waals surface area contributed by atoms with Crippen molar-refractivity contribution in [2.45, 2.75) is 0 Å². The highest BCUT2D eigenvalue weighted by Gasteiger charge is 2.13. The molecule has 1 aromatic carbocycles. The van der Waals surface area contributed by atoms with Gasteiger partial charge in [0, 0.05) is 19.2 Å².